The van der Waals surface area contributed by atoms with Crippen LogP contribution in [0, 0.1) is 0 Å². The number of carboxylic acid groups (broad SMARTS) is 2. The van der Waals surface area contributed by atoms with Crippen LogP contribution in [-0.4, -0.2) is 44.7 Å². The van der Waals surface area contributed by atoms with Gasteiger partial charge in [-0.05, 0) is 59.8 Å². The van der Waals surface area contributed by atoms with Gasteiger partial charge < -0.3 is 10.2 Å². The maximum atomic E-state index is 12.8. The van der Waals surface area contributed by atoms with E-state index in [1.807, 2.05) is 0 Å². The first kappa shape index (κ1) is 20.1. The molecule has 0 aromatic heterocycles. The van der Waals surface area contributed by atoms with Gasteiger partial charge in [0.2, 0.25) is 0 Å². The summed E-state index contributed by atoms with van der Waals surface area (Å²) in [5.74, 6) is -2.28. The summed E-state index contributed by atoms with van der Waals surface area (Å²) in [6, 6.07) is 12.2. The molecule has 2 N–H and O–H groups in total. The van der Waals surface area contributed by atoms with Crippen molar-refractivity contribution in [3.8, 4) is 0 Å². The second-order valence-electron chi connectivity index (χ2n) is 5.99. The smallest absolute Gasteiger partial charge is 0.335 e. The molecule has 0 spiro atoms. The van der Waals surface area contributed by atoms with Gasteiger partial charge in [-0.15, -0.1) is 6.58 Å². The number of carboxylic acids is 2. The number of nitrogens with zero attached hydrogens (tertiary/aromatic N) is 2. The maximum Gasteiger partial charge on any atom is 0.335 e. The monoisotopic (exact) mass is 408 g/mol. The van der Waals surface area contributed by atoms with E-state index in [9.17, 15) is 14.4 Å². The number of amides is 1. The summed E-state index contributed by atoms with van der Waals surface area (Å²) < 4.78 is 0. The Bertz CT molecular complexity index is 1040. The minimum Gasteiger partial charge on any atom is -0.478 e. The normalized spacial score (nSPS) is 16.4. The van der Waals surface area contributed by atoms with Gasteiger partial charge in [-0.3, -0.25) is 9.69 Å². The Morgan fingerprint density at radius 3 is 2.07 bits per heavy atom. The van der Waals surface area contributed by atoms with Crippen LogP contribution in [0.4, 0.5) is 5.69 Å². The van der Waals surface area contributed by atoms with Crippen LogP contribution in [0.3, 0.4) is 0 Å². The third kappa shape index (κ3) is 4.61. The lowest BCUT2D eigenvalue weighted by atomic mass is 10.1. The second kappa shape index (κ2) is 8.57. The number of hydrogen-bond donors (Lipinski definition) is 2. The lowest BCUT2D eigenvalue weighted by molar-refractivity contribution is -0.121. The molecule has 0 saturated carbocycles. The van der Waals surface area contributed by atoms with Crippen molar-refractivity contribution in [2.45, 2.75) is 0 Å². The average molecular weight is 408 g/mol. The van der Waals surface area contributed by atoms with E-state index in [1.54, 1.807) is 36.4 Å². The largest absolute Gasteiger partial charge is 0.478 e. The zero-order chi connectivity index (χ0) is 21.0. The molecule has 0 unspecified atom stereocenters. The number of thioether (sulfide) groups is 1. The summed E-state index contributed by atoms with van der Waals surface area (Å²) in [6.45, 7) is 3.94. The fraction of sp³-hybridized carbons (Fsp3) is 0.0476. The first-order valence-electron chi connectivity index (χ1n) is 8.47. The van der Waals surface area contributed by atoms with E-state index in [4.69, 9.17) is 10.2 Å². The number of aliphatic imine (C=N–C) groups is 1. The summed E-state index contributed by atoms with van der Waals surface area (Å²) >= 11 is 1.18. The molecule has 3 rings (SSSR count). The molecule has 2 aromatic carbocycles. The fourth-order valence-electron chi connectivity index (χ4n) is 2.54. The highest BCUT2D eigenvalue weighted by atomic mass is 32.2. The molecule has 0 aliphatic carbocycles. The molecule has 1 heterocycles. The summed E-state index contributed by atoms with van der Waals surface area (Å²) in [5, 5.41) is 18.4. The van der Waals surface area contributed by atoms with Gasteiger partial charge in [0.15, 0.2) is 5.17 Å². The SMILES string of the molecule is C=CCN1C(=O)/C(=C/c2ccc(C(=O)O)cc2)SC1=Nc1ccc(C(=O)O)cc1. The molecule has 146 valence electrons. The van der Waals surface area contributed by atoms with Gasteiger partial charge in [0.25, 0.3) is 5.91 Å². The molecule has 1 amide bonds. The quantitative estimate of drug-likeness (QED) is 0.555. The van der Waals surface area contributed by atoms with Crippen LogP contribution in [0.2, 0.25) is 0 Å². The zero-order valence-electron chi connectivity index (χ0n) is 15.1. The van der Waals surface area contributed by atoms with E-state index in [1.165, 1.54) is 40.9 Å². The fourth-order valence-corrected chi connectivity index (χ4v) is 3.55. The first-order valence-corrected chi connectivity index (χ1v) is 9.28. The molecular formula is C21H16N2O5S. The van der Waals surface area contributed by atoms with Crippen LogP contribution in [-0.2, 0) is 4.79 Å². The molecule has 0 atom stereocenters. The van der Waals surface area contributed by atoms with Crippen molar-refractivity contribution in [2.75, 3.05) is 6.54 Å². The third-order valence-electron chi connectivity index (χ3n) is 3.99. The Labute approximate surface area is 170 Å². The zero-order valence-corrected chi connectivity index (χ0v) is 15.9. The number of hydrogen-bond acceptors (Lipinski definition) is 5. The highest BCUT2D eigenvalue weighted by Gasteiger charge is 2.32. The van der Waals surface area contributed by atoms with E-state index in [0.29, 0.717) is 21.3 Å². The molecule has 1 saturated heterocycles. The lowest BCUT2D eigenvalue weighted by Gasteiger charge is -2.12. The van der Waals surface area contributed by atoms with Crippen molar-refractivity contribution in [3.63, 3.8) is 0 Å². The number of rotatable bonds is 6. The average Bonchev–Trinajstić information content (AvgIpc) is 2.98. The van der Waals surface area contributed by atoms with Gasteiger partial charge in [0.1, 0.15) is 0 Å². The number of benzene rings is 2. The van der Waals surface area contributed by atoms with Gasteiger partial charge in [0, 0.05) is 6.54 Å². The Balaban J connectivity index is 1.90. The van der Waals surface area contributed by atoms with Crippen LogP contribution in [0.15, 0.2) is 71.1 Å². The molecule has 1 fully saturated rings. The molecule has 1 aliphatic rings. The molecule has 0 bridgehead atoms. The molecule has 7 nitrogen and oxygen atoms in total. The number of amidine groups is 1. The predicted molar refractivity (Wildman–Crippen MR) is 111 cm³/mol. The molecule has 8 heteroatoms. The first-order chi connectivity index (χ1) is 13.9. The highest BCUT2D eigenvalue weighted by molar-refractivity contribution is 8.18. The van der Waals surface area contributed by atoms with Crippen molar-refractivity contribution in [2.24, 2.45) is 4.99 Å². The molecule has 1 aliphatic heterocycles. The number of carbonyl (C=O) groups excluding carboxylic acids is 1. The minimum atomic E-state index is -1.03. The third-order valence-corrected chi connectivity index (χ3v) is 5.00. The Morgan fingerprint density at radius 2 is 1.55 bits per heavy atom. The predicted octanol–water partition coefficient (Wildman–Crippen LogP) is 3.87. The van der Waals surface area contributed by atoms with Crippen LogP contribution in [0.1, 0.15) is 26.3 Å². The Hall–Kier alpha value is -3.65. The molecule has 29 heavy (non-hydrogen) atoms. The lowest BCUT2D eigenvalue weighted by Crippen LogP contribution is -2.29. The summed E-state index contributed by atoms with van der Waals surface area (Å²) in [6.07, 6.45) is 3.26. The second-order valence-corrected chi connectivity index (χ2v) is 7.00. The standard InChI is InChI=1S/C21H16N2O5S/c1-2-11-23-18(24)17(12-13-3-5-14(6-4-13)19(25)26)29-21(23)22-16-9-7-15(8-10-16)20(27)28/h2-10,12H,1,11H2,(H,25,26)(H,27,28)/b17-12-,22-21?. The van der Waals surface area contributed by atoms with Crippen molar-refractivity contribution < 1.29 is 24.6 Å². The van der Waals surface area contributed by atoms with Crippen molar-refractivity contribution in [3.05, 3.63) is 82.8 Å². The van der Waals surface area contributed by atoms with Gasteiger partial charge in [-0.1, -0.05) is 18.2 Å². The molecular weight excluding hydrogens is 392 g/mol. The van der Waals surface area contributed by atoms with Crippen LogP contribution in [0.25, 0.3) is 6.08 Å². The van der Waals surface area contributed by atoms with Gasteiger partial charge in [-0.25, -0.2) is 14.6 Å². The van der Waals surface area contributed by atoms with E-state index in [-0.39, 0.29) is 23.6 Å². The van der Waals surface area contributed by atoms with Gasteiger partial charge in [0.05, 0.1) is 21.7 Å². The Morgan fingerprint density at radius 1 is 1.00 bits per heavy atom. The topological polar surface area (TPSA) is 107 Å². The van der Waals surface area contributed by atoms with E-state index in [2.05, 4.69) is 11.6 Å². The highest BCUT2D eigenvalue weighted by Crippen LogP contribution is 2.34. The van der Waals surface area contributed by atoms with E-state index < -0.39 is 11.9 Å². The van der Waals surface area contributed by atoms with E-state index >= 15 is 0 Å². The van der Waals surface area contributed by atoms with Crippen molar-refractivity contribution in [1.82, 2.24) is 4.90 Å². The van der Waals surface area contributed by atoms with Crippen LogP contribution >= 0.6 is 11.8 Å². The van der Waals surface area contributed by atoms with Gasteiger partial charge in [-0.2, -0.15) is 0 Å². The van der Waals surface area contributed by atoms with Crippen molar-refractivity contribution >= 4 is 46.5 Å². The molecule has 0 radical (unpaired) electrons. The number of carbonyl (C=O) groups is 3. The summed E-state index contributed by atoms with van der Waals surface area (Å²) in [7, 11) is 0. The van der Waals surface area contributed by atoms with Crippen LogP contribution < -0.4 is 0 Å². The van der Waals surface area contributed by atoms with Gasteiger partial charge >= 0.3 is 11.9 Å². The minimum absolute atomic E-state index is 0.150. The van der Waals surface area contributed by atoms with Crippen molar-refractivity contribution in [1.29, 1.82) is 0 Å². The number of aromatic carboxylic acids is 2. The summed E-state index contributed by atoms with van der Waals surface area (Å²) in [5.41, 5.74) is 1.53. The Kier molecular flexibility index (Phi) is 5.94. The maximum absolute atomic E-state index is 12.8. The van der Waals surface area contributed by atoms with E-state index in [0.717, 1.165) is 0 Å². The molecule has 2 aromatic rings. The van der Waals surface area contributed by atoms with Crippen LogP contribution in [0.5, 0.6) is 0 Å². The summed E-state index contributed by atoms with van der Waals surface area (Å²) in [4.78, 5) is 41.1.